The molecule has 1 unspecified atom stereocenters. The molecule has 6 heteroatoms. The van der Waals surface area contributed by atoms with Crippen LogP contribution in [0.5, 0.6) is 0 Å². The van der Waals surface area contributed by atoms with Crippen LogP contribution in [0.25, 0.3) is 0 Å². The summed E-state index contributed by atoms with van der Waals surface area (Å²) in [6.07, 6.45) is 2.40. The van der Waals surface area contributed by atoms with Crippen LogP contribution in [-0.2, 0) is 23.8 Å². The van der Waals surface area contributed by atoms with Gasteiger partial charge in [-0.25, -0.2) is 4.79 Å². The Hall–Kier alpha value is -0.880. The largest absolute Gasteiger partial charge is 0.459 e. The predicted molar refractivity (Wildman–Crippen MR) is 65.0 cm³/mol. The zero-order valence-corrected chi connectivity index (χ0v) is 11.2. The average Bonchev–Trinajstić information content (AvgIpc) is 2.26. The standard InChI is InChI=1S/C11H20O5S/c1-4-6-9-17(13,14)15-8-7-10(3)16-11(12)5-2/h5,10H,2,4,6-9H2,1,3H3. The summed E-state index contributed by atoms with van der Waals surface area (Å²) in [5.41, 5.74) is 0. The van der Waals surface area contributed by atoms with Crippen LogP contribution in [0.15, 0.2) is 12.7 Å². The lowest BCUT2D eigenvalue weighted by Gasteiger charge is -2.11. The second kappa shape index (κ2) is 8.25. The van der Waals surface area contributed by atoms with Crippen molar-refractivity contribution in [3.05, 3.63) is 12.7 Å². The molecule has 0 bridgehead atoms. The summed E-state index contributed by atoms with van der Waals surface area (Å²) in [5.74, 6) is -0.490. The second-order valence-electron chi connectivity index (χ2n) is 3.68. The van der Waals surface area contributed by atoms with Gasteiger partial charge in [-0.2, -0.15) is 8.42 Å². The van der Waals surface area contributed by atoms with Gasteiger partial charge in [0.15, 0.2) is 0 Å². The molecule has 0 saturated heterocycles. The smallest absolute Gasteiger partial charge is 0.330 e. The quantitative estimate of drug-likeness (QED) is 0.360. The van der Waals surface area contributed by atoms with Gasteiger partial charge in [-0.05, 0) is 13.3 Å². The third-order valence-corrected chi connectivity index (χ3v) is 3.33. The lowest BCUT2D eigenvalue weighted by molar-refractivity contribution is -0.142. The van der Waals surface area contributed by atoms with E-state index >= 15 is 0 Å². The van der Waals surface area contributed by atoms with Crippen molar-refractivity contribution in [1.82, 2.24) is 0 Å². The molecule has 0 amide bonds. The molecule has 0 radical (unpaired) electrons. The number of carbonyl (C=O) groups excluding carboxylic acids is 1. The van der Waals surface area contributed by atoms with Gasteiger partial charge in [0.1, 0.15) is 6.10 Å². The molecule has 0 N–H and O–H groups in total. The number of rotatable bonds is 9. The Bertz CT molecular complexity index is 334. The molecule has 0 aromatic rings. The van der Waals surface area contributed by atoms with Gasteiger partial charge in [0, 0.05) is 12.5 Å². The minimum atomic E-state index is -3.43. The van der Waals surface area contributed by atoms with Crippen LogP contribution in [0.3, 0.4) is 0 Å². The van der Waals surface area contributed by atoms with Gasteiger partial charge in [-0.1, -0.05) is 19.9 Å². The number of ether oxygens (including phenoxy) is 1. The van der Waals surface area contributed by atoms with Crippen LogP contribution >= 0.6 is 0 Å². The van der Waals surface area contributed by atoms with Crippen LogP contribution in [0.2, 0.25) is 0 Å². The molecule has 17 heavy (non-hydrogen) atoms. The monoisotopic (exact) mass is 264 g/mol. The first-order chi connectivity index (χ1) is 7.91. The summed E-state index contributed by atoms with van der Waals surface area (Å²) >= 11 is 0. The Balaban J connectivity index is 3.82. The Morgan fingerprint density at radius 1 is 1.47 bits per heavy atom. The third kappa shape index (κ3) is 8.88. The van der Waals surface area contributed by atoms with E-state index in [9.17, 15) is 13.2 Å². The maximum absolute atomic E-state index is 11.3. The molecule has 0 aliphatic rings. The average molecular weight is 264 g/mol. The zero-order valence-electron chi connectivity index (χ0n) is 10.3. The van der Waals surface area contributed by atoms with E-state index in [1.54, 1.807) is 6.92 Å². The van der Waals surface area contributed by atoms with Crippen molar-refractivity contribution >= 4 is 16.1 Å². The molecular formula is C11H20O5S. The van der Waals surface area contributed by atoms with Crippen molar-refractivity contribution in [3.63, 3.8) is 0 Å². The minimum absolute atomic E-state index is 0.0254. The summed E-state index contributed by atoms with van der Waals surface area (Å²) in [6, 6.07) is 0. The van der Waals surface area contributed by atoms with Crippen molar-refractivity contribution < 1.29 is 22.1 Å². The lowest BCUT2D eigenvalue weighted by atomic mass is 10.3. The normalized spacial score (nSPS) is 13.1. The van der Waals surface area contributed by atoms with E-state index in [0.717, 1.165) is 12.5 Å². The van der Waals surface area contributed by atoms with Crippen LogP contribution in [-0.4, -0.2) is 32.9 Å². The highest BCUT2D eigenvalue weighted by Crippen LogP contribution is 2.03. The van der Waals surface area contributed by atoms with E-state index in [4.69, 9.17) is 8.92 Å². The zero-order chi connectivity index (χ0) is 13.3. The van der Waals surface area contributed by atoms with Crippen LogP contribution in [0.4, 0.5) is 0 Å². The van der Waals surface area contributed by atoms with E-state index in [0.29, 0.717) is 12.8 Å². The van der Waals surface area contributed by atoms with Crippen LogP contribution in [0.1, 0.15) is 33.1 Å². The van der Waals surface area contributed by atoms with Crippen molar-refractivity contribution in [2.24, 2.45) is 0 Å². The first-order valence-corrected chi connectivity index (χ1v) is 7.19. The third-order valence-electron chi connectivity index (χ3n) is 2.02. The topological polar surface area (TPSA) is 69.7 Å². The molecule has 1 atom stereocenters. The Labute approximate surface area is 103 Å². The SMILES string of the molecule is C=CC(=O)OC(C)CCOS(=O)(=O)CCCC. The molecule has 0 aliphatic carbocycles. The fourth-order valence-electron chi connectivity index (χ4n) is 1.03. The molecule has 5 nitrogen and oxygen atoms in total. The number of hydrogen-bond donors (Lipinski definition) is 0. The van der Waals surface area contributed by atoms with E-state index < -0.39 is 16.1 Å². The first kappa shape index (κ1) is 16.1. The molecule has 0 saturated carbocycles. The molecule has 0 rings (SSSR count). The van der Waals surface area contributed by atoms with E-state index in [1.807, 2.05) is 6.92 Å². The summed E-state index contributed by atoms with van der Waals surface area (Å²) in [5, 5.41) is 0. The summed E-state index contributed by atoms with van der Waals surface area (Å²) < 4.78 is 32.2. The van der Waals surface area contributed by atoms with E-state index in [1.165, 1.54) is 0 Å². The van der Waals surface area contributed by atoms with Gasteiger partial charge >= 0.3 is 5.97 Å². The molecular weight excluding hydrogens is 244 g/mol. The van der Waals surface area contributed by atoms with Crippen LogP contribution in [0, 0.1) is 0 Å². The van der Waals surface area contributed by atoms with Gasteiger partial charge in [-0.15, -0.1) is 0 Å². The highest BCUT2D eigenvalue weighted by atomic mass is 32.2. The molecule has 100 valence electrons. The second-order valence-corrected chi connectivity index (χ2v) is 5.44. The number of esters is 1. The Morgan fingerprint density at radius 3 is 2.65 bits per heavy atom. The van der Waals surface area contributed by atoms with Crippen molar-refractivity contribution in [1.29, 1.82) is 0 Å². The number of unbranched alkanes of at least 4 members (excludes halogenated alkanes) is 1. The predicted octanol–water partition coefficient (Wildman–Crippen LogP) is 1.64. The fraction of sp³-hybridized carbons (Fsp3) is 0.727. The van der Waals surface area contributed by atoms with Crippen molar-refractivity contribution in [3.8, 4) is 0 Å². The Kier molecular flexibility index (Phi) is 7.82. The van der Waals surface area contributed by atoms with Gasteiger partial charge in [0.05, 0.1) is 12.4 Å². The van der Waals surface area contributed by atoms with Crippen molar-refractivity contribution in [2.45, 2.75) is 39.2 Å². The summed E-state index contributed by atoms with van der Waals surface area (Å²) in [7, 11) is -3.43. The lowest BCUT2D eigenvalue weighted by Crippen LogP contribution is -2.18. The maximum Gasteiger partial charge on any atom is 0.330 e. The van der Waals surface area contributed by atoms with Gasteiger partial charge in [0.2, 0.25) is 0 Å². The van der Waals surface area contributed by atoms with Gasteiger partial charge in [0.25, 0.3) is 10.1 Å². The van der Waals surface area contributed by atoms with Gasteiger partial charge in [-0.3, -0.25) is 4.18 Å². The minimum Gasteiger partial charge on any atom is -0.459 e. The molecule has 0 heterocycles. The van der Waals surface area contributed by atoms with E-state index in [-0.39, 0.29) is 18.5 Å². The molecule has 0 spiro atoms. The fourth-order valence-corrected chi connectivity index (χ4v) is 2.14. The first-order valence-electron chi connectivity index (χ1n) is 5.61. The highest BCUT2D eigenvalue weighted by molar-refractivity contribution is 7.86. The van der Waals surface area contributed by atoms with E-state index in [2.05, 4.69) is 6.58 Å². The molecule has 0 fully saturated rings. The summed E-state index contributed by atoms with van der Waals surface area (Å²) in [6.45, 7) is 6.87. The molecule has 0 aromatic heterocycles. The number of carbonyl (C=O) groups is 1. The maximum atomic E-state index is 11.3. The molecule has 0 aliphatic heterocycles. The van der Waals surface area contributed by atoms with Gasteiger partial charge < -0.3 is 4.74 Å². The highest BCUT2D eigenvalue weighted by Gasteiger charge is 2.12. The number of hydrogen-bond acceptors (Lipinski definition) is 5. The van der Waals surface area contributed by atoms with Crippen molar-refractivity contribution in [2.75, 3.05) is 12.4 Å². The van der Waals surface area contributed by atoms with Crippen LogP contribution < -0.4 is 0 Å². The molecule has 0 aromatic carbocycles. The summed E-state index contributed by atoms with van der Waals surface area (Å²) in [4.78, 5) is 10.8. The Morgan fingerprint density at radius 2 is 2.12 bits per heavy atom.